The highest BCUT2D eigenvalue weighted by atomic mass is 35.5. The molecule has 0 N–H and O–H groups in total. The number of hydrogen-bond donors (Lipinski definition) is 0. The van der Waals surface area contributed by atoms with Crippen LogP contribution in [0.4, 0.5) is 0 Å². The van der Waals surface area contributed by atoms with E-state index in [2.05, 4.69) is 0 Å². The van der Waals surface area contributed by atoms with Crippen LogP contribution in [-0.4, -0.2) is 40.2 Å². The van der Waals surface area contributed by atoms with Gasteiger partial charge >= 0.3 is 5.69 Å². The highest BCUT2D eigenvalue weighted by Crippen LogP contribution is 2.31. The lowest BCUT2D eigenvalue weighted by atomic mass is 10.0. The number of furan rings is 1. The average molecular weight is 570 g/mol. The maximum atomic E-state index is 13.4. The third-order valence-electron chi connectivity index (χ3n) is 6.99. The van der Waals surface area contributed by atoms with Crippen molar-refractivity contribution in [2.75, 3.05) is 6.54 Å². The van der Waals surface area contributed by atoms with Crippen molar-refractivity contribution >= 4 is 38.4 Å². The molecule has 1 aliphatic heterocycles. The van der Waals surface area contributed by atoms with Gasteiger partial charge in [0.2, 0.25) is 5.09 Å². The third-order valence-corrected chi connectivity index (χ3v) is 9.01. The summed E-state index contributed by atoms with van der Waals surface area (Å²) in [6.45, 7) is 3.68. The summed E-state index contributed by atoms with van der Waals surface area (Å²) < 4.78 is 36.1. The molecule has 0 aliphatic carbocycles. The second-order valence-electron chi connectivity index (χ2n) is 9.90. The number of Topliss-reactive ketones (excluding diaryl/α,β-unsaturated/α-hetero) is 1. The van der Waals surface area contributed by atoms with E-state index in [1.807, 2.05) is 0 Å². The number of rotatable bonds is 8. The van der Waals surface area contributed by atoms with Crippen LogP contribution in [0, 0.1) is 0 Å². The van der Waals surface area contributed by atoms with Crippen molar-refractivity contribution in [2.24, 2.45) is 0 Å². The van der Waals surface area contributed by atoms with Gasteiger partial charge in [0.25, 0.3) is 15.6 Å². The maximum Gasteiger partial charge on any atom is 0.335 e. The topological polar surface area (TPSA) is 112 Å². The highest BCUT2D eigenvalue weighted by molar-refractivity contribution is 7.89. The van der Waals surface area contributed by atoms with Crippen LogP contribution in [-0.2, 0) is 21.2 Å². The van der Waals surface area contributed by atoms with Gasteiger partial charge in [-0.3, -0.25) is 18.7 Å². The van der Waals surface area contributed by atoms with Gasteiger partial charge in [0, 0.05) is 47.2 Å². The molecule has 1 atom stereocenters. The Morgan fingerprint density at radius 1 is 1.10 bits per heavy atom. The number of aromatic nitrogens is 2. The number of aryl methyl sites for hydroxylation is 1. The Hall–Kier alpha value is -3.47. The van der Waals surface area contributed by atoms with Crippen LogP contribution in [0.5, 0.6) is 0 Å². The first kappa shape index (κ1) is 27.1. The molecular formula is C28H28ClN3O6S. The van der Waals surface area contributed by atoms with E-state index in [-0.39, 0.29) is 35.8 Å². The van der Waals surface area contributed by atoms with Crippen molar-refractivity contribution in [2.45, 2.75) is 56.7 Å². The molecule has 2 aromatic heterocycles. The molecule has 0 amide bonds. The number of benzene rings is 2. The number of nitrogens with zero attached hydrogens (tertiary/aromatic N) is 3. The smallest absolute Gasteiger partial charge is 0.335 e. The maximum absolute atomic E-state index is 13.4. The fraction of sp³-hybridized carbons (Fsp3) is 0.321. The van der Waals surface area contributed by atoms with Gasteiger partial charge in [-0.05, 0) is 63.4 Å². The van der Waals surface area contributed by atoms with Crippen molar-refractivity contribution in [3.05, 3.63) is 92.2 Å². The average Bonchev–Trinajstić information content (AvgIpc) is 3.57. The van der Waals surface area contributed by atoms with Crippen molar-refractivity contribution in [3.8, 4) is 5.69 Å². The van der Waals surface area contributed by atoms with Crippen LogP contribution >= 0.6 is 11.6 Å². The zero-order valence-electron chi connectivity index (χ0n) is 21.5. The summed E-state index contributed by atoms with van der Waals surface area (Å²) in [6, 6.07) is 13.9. The summed E-state index contributed by atoms with van der Waals surface area (Å²) in [5.41, 5.74) is 0.314. The quantitative estimate of drug-likeness (QED) is 0.312. The molecule has 1 aliphatic rings. The number of carbonyl (C=O) groups is 1. The first-order valence-corrected chi connectivity index (χ1v) is 14.6. The van der Waals surface area contributed by atoms with Crippen LogP contribution in [0.2, 0.25) is 5.02 Å². The van der Waals surface area contributed by atoms with E-state index in [9.17, 15) is 22.8 Å². The summed E-state index contributed by atoms with van der Waals surface area (Å²) in [5, 5.41) is 0.974. The number of fused-ring (bicyclic) bond motifs is 1. The van der Waals surface area contributed by atoms with Crippen LogP contribution in [0.25, 0.3) is 16.7 Å². The predicted molar refractivity (Wildman–Crippen MR) is 148 cm³/mol. The molecule has 4 aromatic rings. The number of ketones is 1. The van der Waals surface area contributed by atoms with Crippen molar-refractivity contribution in [1.82, 2.24) is 13.4 Å². The normalized spacial score (nSPS) is 16.4. The molecule has 0 bridgehead atoms. The summed E-state index contributed by atoms with van der Waals surface area (Å²) in [7, 11) is -4.03. The van der Waals surface area contributed by atoms with Crippen LogP contribution in [0.1, 0.15) is 44.7 Å². The van der Waals surface area contributed by atoms with E-state index >= 15 is 0 Å². The number of halogens is 1. The van der Waals surface area contributed by atoms with Gasteiger partial charge in [-0.2, -0.15) is 4.31 Å². The Labute approximate surface area is 230 Å². The zero-order chi connectivity index (χ0) is 27.9. The Morgan fingerprint density at radius 2 is 1.82 bits per heavy atom. The van der Waals surface area contributed by atoms with Gasteiger partial charge in [-0.25, -0.2) is 13.2 Å². The largest absolute Gasteiger partial charge is 0.443 e. The van der Waals surface area contributed by atoms with Gasteiger partial charge < -0.3 is 4.42 Å². The van der Waals surface area contributed by atoms with E-state index in [0.717, 1.165) is 4.57 Å². The molecule has 0 saturated carbocycles. The van der Waals surface area contributed by atoms with Crippen molar-refractivity contribution in [3.63, 3.8) is 0 Å². The fourth-order valence-corrected chi connectivity index (χ4v) is 6.77. The summed E-state index contributed by atoms with van der Waals surface area (Å²) in [6.07, 6.45) is 2.39. The first-order chi connectivity index (χ1) is 18.6. The molecule has 39 heavy (non-hydrogen) atoms. The lowest BCUT2D eigenvalue weighted by Crippen LogP contribution is -2.42. The SMILES string of the molecule is CC(C)n1c(=O)c(CCC(=O)[C@@H]2CCCN2S(=O)(=O)c2cc3ccccc3o2)cn(-c2ccc(Cl)cc2)c1=O. The predicted octanol–water partition coefficient (Wildman–Crippen LogP) is 4.33. The van der Waals surface area contributed by atoms with Crippen LogP contribution in [0.3, 0.4) is 0 Å². The summed E-state index contributed by atoms with van der Waals surface area (Å²) in [5.74, 6) is -0.285. The number of carbonyl (C=O) groups excluding carboxylic acids is 1. The van der Waals surface area contributed by atoms with E-state index in [4.69, 9.17) is 16.0 Å². The Bertz CT molecular complexity index is 1740. The minimum atomic E-state index is -4.03. The lowest BCUT2D eigenvalue weighted by Gasteiger charge is -2.22. The molecule has 0 unspecified atom stereocenters. The lowest BCUT2D eigenvalue weighted by molar-refractivity contribution is -0.122. The minimum Gasteiger partial charge on any atom is -0.443 e. The van der Waals surface area contributed by atoms with Gasteiger partial charge in [-0.1, -0.05) is 29.8 Å². The standard InChI is InChI=1S/C28H28ClN3O6S/c1-18(2)32-27(34)20(17-30(28(32)35)22-12-10-21(29)11-13-22)9-14-24(33)23-7-5-15-31(23)39(36,37)26-16-19-6-3-4-8-25(19)38-26/h3-4,6,8,10-13,16-18,23H,5,7,9,14-15H2,1-2H3/t23-/m0/s1. The molecule has 9 nitrogen and oxygen atoms in total. The van der Waals surface area contributed by atoms with Crippen LogP contribution < -0.4 is 11.2 Å². The summed E-state index contributed by atoms with van der Waals surface area (Å²) in [4.78, 5) is 39.6. The second-order valence-corrected chi connectivity index (χ2v) is 12.2. The second kappa shape index (κ2) is 10.6. The van der Waals surface area contributed by atoms with Gasteiger partial charge in [0.15, 0.2) is 5.78 Å². The van der Waals surface area contributed by atoms with E-state index in [1.54, 1.807) is 62.4 Å². The molecule has 0 spiro atoms. The highest BCUT2D eigenvalue weighted by Gasteiger charge is 2.40. The Morgan fingerprint density at radius 3 is 2.51 bits per heavy atom. The number of sulfonamides is 1. The molecule has 5 rings (SSSR count). The molecular weight excluding hydrogens is 542 g/mol. The van der Waals surface area contributed by atoms with Crippen LogP contribution in [0.15, 0.2) is 79.9 Å². The van der Waals surface area contributed by atoms with Crippen molar-refractivity contribution in [1.29, 1.82) is 0 Å². The van der Waals surface area contributed by atoms with Gasteiger partial charge in [-0.15, -0.1) is 0 Å². The van der Waals surface area contributed by atoms with Crippen molar-refractivity contribution < 1.29 is 17.6 Å². The molecule has 0 radical (unpaired) electrons. The number of para-hydroxylation sites is 1. The first-order valence-electron chi connectivity index (χ1n) is 12.7. The van der Waals surface area contributed by atoms with E-state index in [1.165, 1.54) is 21.1 Å². The van der Waals surface area contributed by atoms with Gasteiger partial charge in [0.1, 0.15) is 5.58 Å². The van der Waals surface area contributed by atoms with Gasteiger partial charge in [0.05, 0.1) is 11.7 Å². The Kier molecular flexibility index (Phi) is 7.37. The molecule has 3 heterocycles. The monoisotopic (exact) mass is 569 g/mol. The molecule has 1 fully saturated rings. The summed E-state index contributed by atoms with van der Waals surface area (Å²) >= 11 is 5.99. The van der Waals surface area contributed by atoms with E-state index < -0.39 is 33.4 Å². The zero-order valence-corrected chi connectivity index (χ0v) is 23.1. The minimum absolute atomic E-state index is 0.0526. The Balaban J connectivity index is 1.41. The number of hydrogen-bond acceptors (Lipinski definition) is 6. The molecule has 204 valence electrons. The molecule has 1 saturated heterocycles. The molecule has 11 heteroatoms. The fourth-order valence-electron chi connectivity index (χ4n) is 5.01. The van der Waals surface area contributed by atoms with E-state index in [0.29, 0.717) is 34.5 Å². The third kappa shape index (κ3) is 5.11. The molecule has 2 aromatic carbocycles.